The topological polar surface area (TPSA) is 37.1 Å². The molecule has 0 fully saturated rings. The minimum atomic E-state index is 0.844. The quantitative estimate of drug-likeness (QED) is 0.475. The Morgan fingerprint density at radius 2 is 2.22 bits per heavy atom. The van der Waals surface area contributed by atoms with Crippen molar-refractivity contribution in [1.29, 1.82) is 0 Å². The average molecular weight is 125 g/mol. The monoisotopic (exact) mass is 125 g/mol. The summed E-state index contributed by atoms with van der Waals surface area (Å²) in [6, 6.07) is 0. The molecule has 0 spiro atoms. The van der Waals surface area contributed by atoms with Crippen LogP contribution in [-0.4, -0.2) is 12.3 Å². The normalized spacial score (nSPS) is 26.1. The van der Waals surface area contributed by atoms with Crippen molar-refractivity contribution in [3.05, 3.63) is 0 Å². The van der Waals surface area contributed by atoms with E-state index in [1.54, 1.807) is 0 Å². The summed E-state index contributed by atoms with van der Waals surface area (Å²) in [5.41, 5.74) is 1.10. The van der Waals surface area contributed by atoms with Gasteiger partial charge in [-0.15, -0.1) is 5.10 Å². The number of rotatable bonds is 0. The van der Waals surface area contributed by atoms with Gasteiger partial charge in [-0.3, -0.25) is 0 Å². The van der Waals surface area contributed by atoms with Crippen molar-refractivity contribution >= 4 is 5.71 Å². The van der Waals surface area contributed by atoms with Gasteiger partial charge >= 0.3 is 0 Å². The first-order valence-electron chi connectivity index (χ1n) is 3.29. The zero-order valence-electron chi connectivity index (χ0n) is 5.67. The highest BCUT2D eigenvalue weighted by molar-refractivity contribution is 5.81. The van der Waals surface area contributed by atoms with Crippen molar-refractivity contribution in [2.45, 2.75) is 26.2 Å². The van der Waals surface area contributed by atoms with Crippen LogP contribution < -0.4 is 0 Å². The third-order valence-electron chi connectivity index (χ3n) is 1.33. The van der Waals surface area contributed by atoms with Crippen molar-refractivity contribution in [2.75, 3.05) is 6.54 Å². The predicted molar refractivity (Wildman–Crippen MR) is 36.7 cm³/mol. The molecule has 0 aromatic rings. The summed E-state index contributed by atoms with van der Waals surface area (Å²) in [5.74, 6) is 0. The Hall–Kier alpha value is -0.730. The van der Waals surface area contributed by atoms with Crippen molar-refractivity contribution in [3.63, 3.8) is 0 Å². The highest BCUT2D eigenvalue weighted by atomic mass is 15.4. The first kappa shape index (κ1) is 6.39. The van der Waals surface area contributed by atoms with Crippen LogP contribution in [0, 0.1) is 0 Å². The fourth-order valence-corrected chi connectivity index (χ4v) is 0.766. The lowest BCUT2D eigenvalue weighted by atomic mass is 10.2. The highest BCUT2D eigenvalue weighted by Gasteiger charge is 1.94. The smallest absolute Gasteiger partial charge is 0.0621 e. The highest BCUT2D eigenvalue weighted by Crippen LogP contribution is 2.01. The van der Waals surface area contributed by atoms with Gasteiger partial charge in [0.15, 0.2) is 0 Å². The Balaban J connectivity index is 2.48. The molecule has 0 saturated carbocycles. The molecule has 0 aromatic heterocycles. The Bertz CT molecular complexity index is 137. The molecule has 0 aromatic carbocycles. The lowest BCUT2D eigenvalue weighted by Gasteiger charge is -1.98. The number of hydrogen-bond donors (Lipinski definition) is 0. The molecule has 9 heavy (non-hydrogen) atoms. The van der Waals surface area contributed by atoms with E-state index in [1.165, 1.54) is 6.42 Å². The molecule has 0 bridgehead atoms. The van der Waals surface area contributed by atoms with Crippen LogP contribution in [0.5, 0.6) is 0 Å². The van der Waals surface area contributed by atoms with E-state index in [0.717, 1.165) is 25.1 Å². The van der Waals surface area contributed by atoms with E-state index in [4.69, 9.17) is 0 Å². The van der Waals surface area contributed by atoms with E-state index in [2.05, 4.69) is 15.4 Å². The molecule has 1 aliphatic heterocycles. The van der Waals surface area contributed by atoms with Crippen molar-refractivity contribution in [2.24, 2.45) is 15.4 Å². The van der Waals surface area contributed by atoms with Gasteiger partial charge in [0.05, 0.1) is 6.54 Å². The van der Waals surface area contributed by atoms with Gasteiger partial charge in [-0.2, -0.15) is 5.11 Å². The molecule has 1 heterocycles. The maximum absolute atomic E-state index is 3.86. The SMILES string of the molecule is C/C1=N\N=NCCCC1. The fourth-order valence-electron chi connectivity index (χ4n) is 0.766. The van der Waals surface area contributed by atoms with Crippen LogP contribution in [0.2, 0.25) is 0 Å². The van der Waals surface area contributed by atoms with Crippen LogP contribution >= 0.6 is 0 Å². The van der Waals surface area contributed by atoms with E-state index >= 15 is 0 Å². The minimum Gasteiger partial charge on any atom is -0.169 e. The van der Waals surface area contributed by atoms with E-state index in [9.17, 15) is 0 Å². The molecule has 0 saturated heterocycles. The van der Waals surface area contributed by atoms with E-state index in [1.807, 2.05) is 6.92 Å². The van der Waals surface area contributed by atoms with Crippen molar-refractivity contribution < 1.29 is 0 Å². The van der Waals surface area contributed by atoms with Gasteiger partial charge in [-0.05, 0) is 31.4 Å². The number of nitrogens with zero attached hydrogens (tertiary/aromatic N) is 3. The lowest BCUT2D eigenvalue weighted by molar-refractivity contribution is 0.720. The first-order valence-corrected chi connectivity index (χ1v) is 3.29. The molecule has 0 aliphatic carbocycles. The average Bonchev–Trinajstić information content (AvgIpc) is 1.79. The third kappa shape index (κ3) is 2.35. The van der Waals surface area contributed by atoms with E-state index in [-0.39, 0.29) is 0 Å². The van der Waals surface area contributed by atoms with Crippen LogP contribution in [0.4, 0.5) is 0 Å². The lowest BCUT2D eigenvalue weighted by Crippen LogP contribution is -1.93. The van der Waals surface area contributed by atoms with E-state index < -0.39 is 0 Å². The van der Waals surface area contributed by atoms with Crippen LogP contribution in [0.3, 0.4) is 0 Å². The summed E-state index contributed by atoms with van der Waals surface area (Å²) >= 11 is 0. The largest absolute Gasteiger partial charge is 0.169 e. The summed E-state index contributed by atoms with van der Waals surface area (Å²) < 4.78 is 0. The van der Waals surface area contributed by atoms with Gasteiger partial charge in [-0.25, -0.2) is 0 Å². The van der Waals surface area contributed by atoms with Gasteiger partial charge in [0, 0.05) is 5.71 Å². The molecule has 0 atom stereocenters. The Morgan fingerprint density at radius 3 is 3.11 bits per heavy atom. The maximum atomic E-state index is 3.86. The Kier molecular flexibility index (Phi) is 2.36. The molecule has 0 radical (unpaired) electrons. The zero-order chi connectivity index (χ0) is 6.53. The molecule has 3 heteroatoms. The second-order valence-electron chi connectivity index (χ2n) is 2.25. The van der Waals surface area contributed by atoms with Gasteiger partial charge < -0.3 is 0 Å². The molecule has 3 nitrogen and oxygen atoms in total. The first-order chi connectivity index (χ1) is 4.39. The molecular formula is C6H11N3. The summed E-state index contributed by atoms with van der Waals surface area (Å²) in [6.45, 7) is 2.83. The van der Waals surface area contributed by atoms with E-state index in [0.29, 0.717) is 0 Å². The standard InChI is InChI=1S/C6H11N3/c1-6-4-2-3-5-7-9-8-6/h2-5H2,1H3/b8-6+,9-7?. The van der Waals surface area contributed by atoms with Crippen LogP contribution in [-0.2, 0) is 0 Å². The second-order valence-corrected chi connectivity index (χ2v) is 2.25. The van der Waals surface area contributed by atoms with Gasteiger partial charge in [0.1, 0.15) is 0 Å². The number of hydrogen-bond acceptors (Lipinski definition) is 3. The second kappa shape index (κ2) is 3.33. The summed E-state index contributed by atoms with van der Waals surface area (Å²) in [4.78, 5) is 0. The molecular weight excluding hydrogens is 114 g/mol. The van der Waals surface area contributed by atoms with Crippen LogP contribution in [0.1, 0.15) is 26.2 Å². The van der Waals surface area contributed by atoms with Crippen LogP contribution in [0.25, 0.3) is 0 Å². The molecule has 1 aliphatic rings. The third-order valence-corrected chi connectivity index (χ3v) is 1.33. The summed E-state index contributed by atoms with van der Waals surface area (Å²) in [6.07, 6.45) is 3.43. The van der Waals surface area contributed by atoms with Crippen molar-refractivity contribution in [3.8, 4) is 0 Å². The molecule has 1 rings (SSSR count). The van der Waals surface area contributed by atoms with Crippen molar-refractivity contribution in [1.82, 2.24) is 0 Å². The molecule has 0 N–H and O–H groups in total. The van der Waals surface area contributed by atoms with Crippen LogP contribution in [0.15, 0.2) is 15.4 Å². The summed E-state index contributed by atoms with van der Waals surface area (Å²) in [7, 11) is 0. The fraction of sp³-hybridized carbons (Fsp3) is 0.833. The van der Waals surface area contributed by atoms with Gasteiger partial charge in [0.25, 0.3) is 0 Å². The zero-order valence-corrected chi connectivity index (χ0v) is 5.67. The predicted octanol–water partition coefficient (Wildman–Crippen LogP) is 2.00. The minimum absolute atomic E-state index is 0.844. The van der Waals surface area contributed by atoms with Gasteiger partial charge in [-0.1, -0.05) is 0 Å². The maximum Gasteiger partial charge on any atom is 0.0621 e. The summed E-state index contributed by atoms with van der Waals surface area (Å²) in [5, 5.41) is 11.3. The molecule has 50 valence electrons. The molecule has 0 unspecified atom stereocenters. The Morgan fingerprint density at radius 1 is 1.33 bits per heavy atom. The molecule has 0 amide bonds. The van der Waals surface area contributed by atoms with Gasteiger partial charge in [0.2, 0.25) is 0 Å². The Labute approximate surface area is 54.9 Å².